The highest BCUT2D eigenvalue weighted by Gasteiger charge is 2.20. The number of benzene rings is 1. The summed E-state index contributed by atoms with van der Waals surface area (Å²) in [4.78, 5) is 20.9. The molecule has 0 heterocycles. The number of aliphatic carboxylic acids is 2. The minimum absolute atomic E-state index is 0.104. The van der Waals surface area contributed by atoms with Crippen LogP contribution in [0.1, 0.15) is 23.7 Å². The number of aryl methyl sites for hydroxylation is 1. The third-order valence-corrected chi connectivity index (χ3v) is 2.25. The second kappa shape index (κ2) is 5.31. The summed E-state index contributed by atoms with van der Waals surface area (Å²) >= 11 is 0. The van der Waals surface area contributed by atoms with Crippen molar-refractivity contribution < 1.29 is 30.0 Å². The fraction of sp³-hybridized carbons (Fsp3) is 0.273. The van der Waals surface area contributed by atoms with Crippen molar-refractivity contribution in [3.8, 4) is 5.75 Å². The Labute approximate surface area is 96.8 Å². The van der Waals surface area contributed by atoms with Crippen LogP contribution in [-0.4, -0.2) is 32.4 Å². The molecule has 0 aliphatic rings. The van der Waals surface area contributed by atoms with Crippen LogP contribution in [0.4, 0.5) is 0 Å². The van der Waals surface area contributed by atoms with Crippen molar-refractivity contribution in [1.82, 2.24) is 0 Å². The summed E-state index contributed by atoms with van der Waals surface area (Å²) in [6.07, 6.45) is -1.72. The molecule has 0 saturated heterocycles. The van der Waals surface area contributed by atoms with Crippen LogP contribution in [0.3, 0.4) is 0 Å². The van der Waals surface area contributed by atoms with Crippen LogP contribution in [0.2, 0.25) is 0 Å². The van der Waals surface area contributed by atoms with Crippen LogP contribution in [0.25, 0.3) is 0 Å². The summed E-state index contributed by atoms with van der Waals surface area (Å²) in [6, 6.07) is 4.01. The monoisotopic (exact) mass is 240 g/mol. The predicted molar refractivity (Wildman–Crippen MR) is 56.7 cm³/mol. The van der Waals surface area contributed by atoms with Crippen molar-refractivity contribution in [3.63, 3.8) is 0 Å². The zero-order chi connectivity index (χ0) is 13.0. The molecule has 0 aliphatic carbocycles. The first kappa shape index (κ1) is 13.0. The first-order valence-corrected chi connectivity index (χ1v) is 4.86. The van der Waals surface area contributed by atoms with Crippen molar-refractivity contribution in [1.29, 1.82) is 0 Å². The normalized spacial score (nSPS) is 12.1. The standard InChI is InChI=1S/C11H12O6/c12-8-3-1-6(2-4-9(13)14)5-7(8)10(15)11(16)17/h1,3,5,10,12,15H,2,4H2,(H,13,14)(H,16,17). The van der Waals surface area contributed by atoms with Gasteiger partial charge in [-0.2, -0.15) is 0 Å². The molecule has 0 fully saturated rings. The number of aliphatic hydroxyl groups excluding tert-OH is 1. The molecule has 17 heavy (non-hydrogen) atoms. The molecule has 4 N–H and O–H groups in total. The number of aliphatic hydroxyl groups is 1. The largest absolute Gasteiger partial charge is 0.508 e. The maximum absolute atomic E-state index is 10.6. The molecule has 0 saturated carbocycles. The molecule has 0 spiro atoms. The number of carbonyl (C=O) groups is 2. The van der Waals surface area contributed by atoms with Crippen LogP contribution < -0.4 is 0 Å². The zero-order valence-electron chi connectivity index (χ0n) is 8.83. The number of carboxylic acids is 2. The van der Waals surface area contributed by atoms with E-state index in [0.29, 0.717) is 5.56 Å². The van der Waals surface area contributed by atoms with Crippen LogP contribution in [-0.2, 0) is 16.0 Å². The highest BCUT2D eigenvalue weighted by molar-refractivity contribution is 5.75. The Morgan fingerprint density at radius 1 is 1.24 bits per heavy atom. The molecular formula is C11H12O6. The van der Waals surface area contributed by atoms with Gasteiger partial charge in [-0.25, -0.2) is 4.79 Å². The van der Waals surface area contributed by atoms with E-state index in [2.05, 4.69) is 0 Å². The molecule has 0 bridgehead atoms. The summed E-state index contributed by atoms with van der Waals surface area (Å²) in [7, 11) is 0. The Bertz CT molecular complexity index is 440. The van der Waals surface area contributed by atoms with Crippen LogP contribution in [0.15, 0.2) is 18.2 Å². The summed E-state index contributed by atoms with van der Waals surface area (Å²) in [5.74, 6) is -2.78. The summed E-state index contributed by atoms with van der Waals surface area (Å²) < 4.78 is 0. The van der Waals surface area contributed by atoms with E-state index in [-0.39, 0.29) is 24.2 Å². The van der Waals surface area contributed by atoms with Crippen molar-refractivity contribution in [2.24, 2.45) is 0 Å². The number of hydrogen-bond donors (Lipinski definition) is 4. The molecule has 0 amide bonds. The number of aromatic hydroxyl groups is 1. The molecule has 0 aromatic heterocycles. The van der Waals surface area contributed by atoms with Crippen molar-refractivity contribution in [2.45, 2.75) is 18.9 Å². The molecular weight excluding hydrogens is 228 g/mol. The lowest BCUT2D eigenvalue weighted by molar-refractivity contribution is -0.147. The number of phenolic OH excluding ortho intramolecular Hbond substituents is 1. The van der Waals surface area contributed by atoms with E-state index >= 15 is 0 Å². The van der Waals surface area contributed by atoms with Crippen molar-refractivity contribution >= 4 is 11.9 Å². The highest BCUT2D eigenvalue weighted by Crippen LogP contribution is 2.26. The Kier molecular flexibility index (Phi) is 4.06. The summed E-state index contributed by atoms with van der Waals surface area (Å²) in [6.45, 7) is 0. The minimum atomic E-state index is -1.82. The number of hydrogen-bond acceptors (Lipinski definition) is 4. The Morgan fingerprint density at radius 2 is 1.88 bits per heavy atom. The van der Waals surface area contributed by atoms with Gasteiger partial charge >= 0.3 is 11.9 Å². The molecule has 1 aromatic rings. The lowest BCUT2D eigenvalue weighted by Crippen LogP contribution is -2.11. The van der Waals surface area contributed by atoms with E-state index in [0.717, 1.165) is 0 Å². The van der Waals surface area contributed by atoms with Crippen LogP contribution in [0.5, 0.6) is 5.75 Å². The number of rotatable bonds is 5. The van der Waals surface area contributed by atoms with E-state index in [4.69, 9.17) is 10.2 Å². The third kappa shape index (κ3) is 3.46. The second-order valence-electron chi connectivity index (χ2n) is 3.53. The molecule has 1 unspecified atom stereocenters. The molecule has 1 rings (SSSR count). The molecule has 6 nitrogen and oxygen atoms in total. The first-order valence-electron chi connectivity index (χ1n) is 4.86. The van der Waals surface area contributed by atoms with E-state index in [1.165, 1.54) is 18.2 Å². The van der Waals surface area contributed by atoms with Gasteiger partial charge in [0.2, 0.25) is 0 Å². The quantitative estimate of drug-likeness (QED) is 0.596. The second-order valence-corrected chi connectivity index (χ2v) is 3.53. The van der Waals surface area contributed by atoms with Gasteiger partial charge in [0.05, 0.1) is 0 Å². The maximum Gasteiger partial charge on any atom is 0.337 e. The maximum atomic E-state index is 10.6. The zero-order valence-corrected chi connectivity index (χ0v) is 8.83. The first-order chi connectivity index (χ1) is 7.91. The summed E-state index contributed by atoms with van der Waals surface area (Å²) in [5.41, 5.74) is 0.404. The predicted octanol–water partition coefficient (Wildman–Crippen LogP) is 0.527. The third-order valence-electron chi connectivity index (χ3n) is 2.25. The fourth-order valence-electron chi connectivity index (χ4n) is 1.36. The van der Waals surface area contributed by atoms with Gasteiger partial charge in [0, 0.05) is 12.0 Å². The summed E-state index contributed by atoms with van der Waals surface area (Å²) in [5, 5.41) is 35.8. The van der Waals surface area contributed by atoms with E-state index in [9.17, 15) is 19.8 Å². The molecule has 0 aliphatic heterocycles. The topological polar surface area (TPSA) is 115 Å². The van der Waals surface area contributed by atoms with Crippen molar-refractivity contribution in [3.05, 3.63) is 29.3 Å². The smallest absolute Gasteiger partial charge is 0.337 e. The molecule has 1 aromatic carbocycles. The van der Waals surface area contributed by atoms with E-state index in [1.807, 2.05) is 0 Å². The SMILES string of the molecule is O=C(O)CCc1ccc(O)c(C(O)C(=O)O)c1. The van der Waals surface area contributed by atoms with Gasteiger partial charge in [0.15, 0.2) is 6.10 Å². The molecule has 0 radical (unpaired) electrons. The average Bonchev–Trinajstić information content (AvgIpc) is 2.26. The number of phenols is 1. The average molecular weight is 240 g/mol. The van der Waals surface area contributed by atoms with Crippen LogP contribution >= 0.6 is 0 Å². The molecule has 92 valence electrons. The van der Waals surface area contributed by atoms with E-state index in [1.54, 1.807) is 0 Å². The number of carboxylic acid groups (broad SMARTS) is 2. The fourth-order valence-corrected chi connectivity index (χ4v) is 1.36. The van der Waals surface area contributed by atoms with Gasteiger partial charge < -0.3 is 20.4 Å². The van der Waals surface area contributed by atoms with Crippen molar-refractivity contribution in [2.75, 3.05) is 0 Å². The Balaban J connectivity index is 2.94. The van der Waals surface area contributed by atoms with E-state index < -0.39 is 18.0 Å². The van der Waals surface area contributed by atoms with Gasteiger partial charge in [-0.1, -0.05) is 6.07 Å². The lowest BCUT2D eigenvalue weighted by atomic mass is 10.0. The minimum Gasteiger partial charge on any atom is -0.508 e. The van der Waals surface area contributed by atoms with Gasteiger partial charge in [-0.3, -0.25) is 4.79 Å². The molecule has 6 heteroatoms. The van der Waals surface area contributed by atoms with Gasteiger partial charge in [-0.15, -0.1) is 0 Å². The van der Waals surface area contributed by atoms with Gasteiger partial charge in [-0.05, 0) is 24.1 Å². The van der Waals surface area contributed by atoms with Gasteiger partial charge in [0.1, 0.15) is 5.75 Å². The lowest BCUT2D eigenvalue weighted by Gasteiger charge is -2.10. The Morgan fingerprint density at radius 3 is 2.41 bits per heavy atom. The van der Waals surface area contributed by atoms with Crippen LogP contribution in [0, 0.1) is 0 Å². The molecule has 1 atom stereocenters. The Hall–Kier alpha value is -2.08. The van der Waals surface area contributed by atoms with Gasteiger partial charge in [0.25, 0.3) is 0 Å². The highest BCUT2D eigenvalue weighted by atomic mass is 16.4.